The molecule has 0 aromatic heterocycles. The average molecular weight is 404 g/mol. The molecule has 1 unspecified atom stereocenters. The van der Waals surface area contributed by atoms with Crippen LogP contribution in [0.5, 0.6) is 0 Å². The third kappa shape index (κ3) is 3.55. The summed E-state index contributed by atoms with van der Waals surface area (Å²) in [5, 5.41) is 8.41. The Balaban J connectivity index is 1.56. The Hall–Kier alpha value is -2.65. The van der Waals surface area contributed by atoms with Crippen molar-refractivity contribution in [3.05, 3.63) is 58.9 Å². The number of halogens is 1. The second-order valence-corrected chi connectivity index (χ2v) is 8.27. The van der Waals surface area contributed by atoms with Gasteiger partial charge in [-0.25, -0.2) is 14.5 Å². The van der Waals surface area contributed by atoms with Crippen molar-refractivity contribution in [3.8, 4) is 0 Å². The molecule has 0 bridgehead atoms. The lowest BCUT2D eigenvalue weighted by molar-refractivity contribution is 0.282. The van der Waals surface area contributed by atoms with E-state index in [4.69, 9.17) is 9.88 Å². The van der Waals surface area contributed by atoms with E-state index in [-0.39, 0.29) is 25.0 Å². The average Bonchev–Trinajstić information content (AvgIpc) is 3.03. The maximum Gasteiger partial charge on any atom is 0.298 e. The highest BCUT2D eigenvalue weighted by atomic mass is 32.2. The maximum absolute atomic E-state index is 13.4. The normalized spacial score (nSPS) is 19.5. The van der Waals surface area contributed by atoms with Crippen LogP contribution in [0.3, 0.4) is 0 Å². The SMILES string of the molecule is CCN(c1ccc2c(c1)COC(=NC1CCc3cc(F)ccc31)N2)S(N)(=O)=O. The van der Waals surface area contributed by atoms with Crippen LogP contribution >= 0.6 is 0 Å². The van der Waals surface area contributed by atoms with Crippen molar-refractivity contribution in [1.29, 1.82) is 0 Å². The molecule has 2 aromatic carbocycles. The van der Waals surface area contributed by atoms with Crippen molar-refractivity contribution in [2.75, 3.05) is 16.2 Å². The van der Waals surface area contributed by atoms with Gasteiger partial charge in [-0.15, -0.1) is 0 Å². The van der Waals surface area contributed by atoms with Crippen molar-refractivity contribution in [2.24, 2.45) is 10.1 Å². The summed E-state index contributed by atoms with van der Waals surface area (Å²) in [4.78, 5) is 4.65. The first-order valence-electron chi connectivity index (χ1n) is 9.04. The van der Waals surface area contributed by atoms with Gasteiger partial charge in [0.1, 0.15) is 12.4 Å². The standard InChI is InChI=1S/C19H21FN4O3S/c1-2-24(28(21,25)26)15-5-8-17-13(10-15)11-27-19(22-17)23-18-7-3-12-9-14(20)4-6-16(12)18/h4-6,8-10,18H,2-3,7,11H2,1H3,(H,22,23)(H2,21,25,26). The number of nitrogens with one attached hydrogen (secondary N) is 1. The molecule has 28 heavy (non-hydrogen) atoms. The van der Waals surface area contributed by atoms with E-state index in [9.17, 15) is 12.8 Å². The molecule has 2 aromatic rings. The predicted octanol–water partition coefficient (Wildman–Crippen LogP) is 2.84. The van der Waals surface area contributed by atoms with Crippen molar-refractivity contribution in [3.63, 3.8) is 0 Å². The van der Waals surface area contributed by atoms with Crippen molar-refractivity contribution in [1.82, 2.24) is 0 Å². The summed E-state index contributed by atoms with van der Waals surface area (Å²) in [6.45, 7) is 2.22. The van der Waals surface area contributed by atoms with E-state index < -0.39 is 10.2 Å². The number of nitrogens with zero attached hydrogens (tertiary/aromatic N) is 2. The first-order valence-corrected chi connectivity index (χ1v) is 10.5. The number of aliphatic imine (C=N–C) groups is 1. The molecule has 0 spiro atoms. The van der Waals surface area contributed by atoms with Gasteiger partial charge in [0.25, 0.3) is 16.2 Å². The number of aryl methyl sites for hydroxylation is 1. The zero-order valence-corrected chi connectivity index (χ0v) is 16.2. The Morgan fingerprint density at radius 1 is 1.29 bits per heavy atom. The van der Waals surface area contributed by atoms with Gasteiger partial charge >= 0.3 is 0 Å². The van der Waals surface area contributed by atoms with E-state index in [1.807, 2.05) is 0 Å². The Morgan fingerprint density at radius 3 is 2.86 bits per heavy atom. The van der Waals surface area contributed by atoms with Gasteiger partial charge in [-0.2, -0.15) is 8.42 Å². The molecule has 3 N–H and O–H groups in total. The van der Waals surface area contributed by atoms with E-state index in [0.717, 1.165) is 39.5 Å². The topological polar surface area (TPSA) is 97.0 Å². The van der Waals surface area contributed by atoms with Crippen LogP contribution in [0.4, 0.5) is 15.8 Å². The summed E-state index contributed by atoms with van der Waals surface area (Å²) in [6.07, 6.45) is 1.59. The summed E-state index contributed by atoms with van der Waals surface area (Å²) in [6, 6.07) is 10.3. The number of ether oxygens (including phenoxy) is 1. The molecule has 0 saturated carbocycles. The Bertz CT molecular complexity index is 1060. The highest BCUT2D eigenvalue weighted by Crippen LogP contribution is 2.35. The third-order valence-corrected chi connectivity index (χ3v) is 6.08. The van der Waals surface area contributed by atoms with Crippen LogP contribution in [-0.2, 0) is 28.0 Å². The number of fused-ring (bicyclic) bond motifs is 2. The Kier molecular flexibility index (Phi) is 4.72. The fourth-order valence-electron chi connectivity index (χ4n) is 3.69. The number of anilines is 2. The first-order chi connectivity index (χ1) is 13.3. The molecule has 1 heterocycles. The van der Waals surface area contributed by atoms with E-state index in [0.29, 0.717) is 11.7 Å². The second-order valence-electron chi connectivity index (χ2n) is 6.80. The number of nitrogens with two attached hydrogens (primary N) is 1. The summed E-state index contributed by atoms with van der Waals surface area (Å²) < 4.78 is 43.7. The fourth-order valence-corrected chi connectivity index (χ4v) is 4.46. The Labute approximate surface area is 163 Å². The highest BCUT2D eigenvalue weighted by Gasteiger charge is 2.25. The van der Waals surface area contributed by atoms with Crippen molar-refractivity contribution < 1.29 is 17.5 Å². The highest BCUT2D eigenvalue weighted by molar-refractivity contribution is 7.90. The van der Waals surface area contributed by atoms with Crippen LogP contribution in [0, 0.1) is 5.82 Å². The lowest BCUT2D eigenvalue weighted by atomic mass is 10.1. The minimum atomic E-state index is -3.83. The molecule has 0 amide bonds. The van der Waals surface area contributed by atoms with Gasteiger partial charge in [0, 0.05) is 17.8 Å². The van der Waals surface area contributed by atoms with E-state index in [2.05, 4.69) is 10.3 Å². The molecular weight excluding hydrogens is 383 g/mol. The van der Waals surface area contributed by atoms with Crippen LogP contribution < -0.4 is 14.8 Å². The van der Waals surface area contributed by atoms with E-state index in [1.54, 1.807) is 37.3 Å². The first kappa shape index (κ1) is 18.7. The monoisotopic (exact) mass is 404 g/mol. The molecule has 1 aliphatic carbocycles. The zero-order valence-electron chi connectivity index (χ0n) is 15.4. The number of benzene rings is 2. The van der Waals surface area contributed by atoms with Crippen LogP contribution in [0.1, 0.15) is 36.1 Å². The van der Waals surface area contributed by atoms with Crippen molar-refractivity contribution in [2.45, 2.75) is 32.4 Å². The minimum absolute atomic E-state index is 0.0723. The van der Waals surface area contributed by atoms with Crippen LogP contribution in [0.25, 0.3) is 0 Å². The molecular formula is C19H21FN4O3S. The number of amidine groups is 1. The Morgan fingerprint density at radius 2 is 2.11 bits per heavy atom. The van der Waals surface area contributed by atoms with Gasteiger partial charge in [-0.05, 0) is 61.2 Å². The molecule has 0 fully saturated rings. The third-order valence-electron chi connectivity index (χ3n) is 5.00. The lowest BCUT2D eigenvalue weighted by Crippen LogP contribution is -2.36. The molecule has 148 valence electrons. The molecule has 7 nitrogen and oxygen atoms in total. The van der Waals surface area contributed by atoms with Gasteiger partial charge in [0.2, 0.25) is 0 Å². The summed E-state index contributed by atoms with van der Waals surface area (Å²) >= 11 is 0. The van der Waals surface area contributed by atoms with E-state index >= 15 is 0 Å². The molecule has 1 aliphatic heterocycles. The molecule has 1 atom stereocenters. The molecule has 2 aliphatic rings. The van der Waals surface area contributed by atoms with Crippen LogP contribution in [-0.4, -0.2) is 21.0 Å². The second kappa shape index (κ2) is 7.06. The predicted molar refractivity (Wildman–Crippen MR) is 106 cm³/mol. The van der Waals surface area contributed by atoms with Gasteiger partial charge < -0.3 is 10.1 Å². The lowest BCUT2D eigenvalue weighted by Gasteiger charge is -2.25. The quantitative estimate of drug-likeness (QED) is 0.819. The fraction of sp³-hybridized carbons (Fsp3) is 0.316. The number of hydrogen-bond acceptors (Lipinski definition) is 4. The van der Waals surface area contributed by atoms with Gasteiger partial charge in [0.05, 0.1) is 11.7 Å². The molecule has 0 radical (unpaired) electrons. The summed E-state index contributed by atoms with van der Waals surface area (Å²) in [7, 11) is -3.83. The minimum Gasteiger partial charge on any atom is -0.460 e. The summed E-state index contributed by atoms with van der Waals surface area (Å²) in [5.41, 5.74) is 4.11. The largest absolute Gasteiger partial charge is 0.460 e. The van der Waals surface area contributed by atoms with Crippen molar-refractivity contribution >= 4 is 27.6 Å². The van der Waals surface area contributed by atoms with E-state index in [1.165, 1.54) is 6.07 Å². The van der Waals surface area contributed by atoms with Gasteiger partial charge in [-0.3, -0.25) is 4.31 Å². The van der Waals surface area contributed by atoms with Crippen LogP contribution in [0.2, 0.25) is 0 Å². The summed E-state index contributed by atoms with van der Waals surface area (Å²) in [5.74, 6) is -0.232. The zero-order chi connectivity index (χ0) is 19.9. The van der Waals surface area contributed by atoms with Crippen LogP contribution in [0.15, 0.2) is 41.4 Å². The smallest absolute Gasteiger partial charge is 0.298 e. The molecule has 0 saturated heterocycles. The molecule has 9 heteroatoms. The number of hydrogen-bond donors (Lipinski definition) is 2. The van der Waals surface area contributed by atoms with Gasteiger partial charge in [0.15, 0.2) is 0 Å². The number of rotatable bonds is 4. The maximum atomic E-state index is 13.4. The van der Waals surface area contributed by atoms with Gasteiger partial charge in [-0.1, -0.05) is 6.07 Å². The molecule has 4 rings (SSSR count).